The molecule has 1 aliphatic rings. The van der Waals surface area contributed by atoms with Crippen molar-refractivity contribution in [2.75, 3.05) is 52.9 Å². The molecule has 1 saturated heterocycles. The zero-order chi connectivity index (χ0) is 16.7. The molecule has 0 spiro atoms. The predicted octanol–water partition coefficient (Wildman–Crippen LogP) is 0.609. The van der Waals surface area contributed by atoms with Crippen LogP contribution in [0.2, 0.25) is 0 Å². The summed E-state index contributed by atoms with van der Waals surface area (Å²) in [5.74, 6) is 0. The number of nitrogens with one attached hydrogen (secondary N) is 1. The zero-order valence-corrected chi connectivity index (χ0v) is 15.0. The Morgan fingerprint density at radius 1 is 1.13 bits per heavy atom. The van der Waals surface area contributed by atoms with E-state index in [4.69, 9.17) is 5.11 Å². The van der Waals surface area contributed by atoms with Crippen LogP contribution in [0, 0.1) is 13.8 Å². The van der Waals surface area contributed by atoms with Crippen LogP contribution in [0.1, 0.15) is 29.8 Å². The molecule has 0 bridgehead atoms. The van der Waals surface area contributed by atoms with Gasteiger partial charge >= 0.3 is 0 Å². The van der Waals surface area contributed by atoms with E-state index in [0.717, 1.165) is 18.8 Å². The minimum Gasteiger partial charge on any atom is -0.394 e. The van der Waals surface area contributed by atoms with Gasteiger partial charge in [0.05, 0.1) is 18.8 Å². The summed E-state index contributed by atoms with van der Waals surface area (Å²) in [4.78, 5) is 5.01. The highest BCUT2D eigenvalue weighted by molar-refractivity contribution is 5.24. The van der Waals surface area contributed by atoms with E-state index in [-0.39, 0.29) is 6.61 Å². The minimum atomic E-state index is 0.139. The molecule has 132 valence electrons. The first-order valence-electron chi connectivity index (χ1n) is 8.87. The van der Waals surface area contributed by atoms with Gasteiger partial charge in [0.15, 0.2) is 0 Å². The van der Waals surface area contributed by atoms with E-state index in [1.54, 1.807) is 0 Å². The van der Waals surface area contributed by atoms with E-state index >= 15 is 0 Å². The highest BCUT2D eigenvalue weighted by atomic mass is 16.3. The zero-order valence-electron chi connectivity index (χ0n) is 15.0. The third-order valence-corrected chi connectivity index (χ3v) is 4.78. The SMILES string of the molecule is Cc1nn(CCO)c(C)c1CNCCCN1CCCN(C)CC1. The summed E-state index contributed by atoms with van der Waals surface area (Å²) in [6.07, 6.45) is 2.47. The molecular formula is C17H33N5O. The molecule has 1 fully saturated rings. The lowest BCUT2D eigenvalue weighted by Gasteiger charge is -2.20. The number of aliphatic hydroxyl groups excluding tert-OH is 1. The molecule has 0 saturated carbocycles. The number of aromatic nitrogens is 2. The molecule has 2 rings (SSSR count). The fourth-order valence-corrected chi connectivity index (χ4v) is 3.27. The van der Waals surface area contributed by atoms with Crippen molar-refractivity contribution in [3.8, 4) is 0 Å². The smallest absolute Gasteiger partial charge is 0.0644 e. The standard InChI is InChI=1S/C17H33N5O/c1-15-17(16(2)22(19-15)12-13-23)14-18-6-4-8-21-9-5-7-20(3)10-11-21/h18,23H,4-14H2,1-3H3. The third-order valence-electron chi connectivity index (χ3n) is 4.78. The van der Waals surface area contributed by atoms with Crippen molar-refractivity contribution in [2.24, 2.45) is 0 Å². The Hall–Kier alpha value is -0.950. The van der Waals surface area contributed by atoms with E-state index in [2.05, 4.69) is 34.2 Å². The van der Waals surface area contributed by atoms with Gasteiger partial charge in [-0.1, -0.05) is 0 Å². The lowest BCUT2D eigenvalue weighted by atomic mass is 10.2. The van der Waals surface area contributed by atoms with Crippen LogP contribution in [0.5, 0.6) is 0 Å². The molecule has 0 amide bonds. The maximum atomic E-state index is 9.07. The molecule has 6 heteroatoms. The van der Waals surface area contributed by atoms with E-state index < -0.39 is 0 Å². The van der Waals surface area contributed by atoms with Gasteiger partial charge in [0, 0.05) is 30.9 Å². The first-order chi connectivity index (χ1) is 11.1. The first-order valence-corrected chi connectivity index (χ1v) is 8.87. The number of aliphatic hydroxyl groups is 1. The van der Waals surface area contributed by atoms with Crippen molar-refractivity contribution < 1.29 is 5.11 Å². The summed E-state index contributed by atoms with van der Waals surface area (Å²) in [5.41, 5.74) is 3.51. The Bertz CT molecular complexity index is 474. The van der Waals surface area contributed by atoms with Crippen LogP contribution in [-0.4, -0.2) is 77.6 Å². The number of hydrogen-bond acceptors (Lipinski definition) is 5. The third kappa shape index (κ3) is 5.57. The molecule has 0 radical (unpaired) electrons. The molecule has 23 heavy (non-hydrogen) atoms. The van der Waals surface area contributed by atoms with Gasteiger partial charge in [-0.2, -0.15) is 5.10 Å². The molecule has 0 atom stereocenters. The summed E-state index contributed by atoms with van der Waals surface area (Å²) < 4.78 is 1.90. The van der Waals surface area contributed by atoms with Crippen molar-refractivity contribution in [2.45, 2.75) is 39.8 Å². The summed E-state index contributed by atoms with van der Waals surface area (Å²) in [7, 11) is 2.21. The molecule has 1 aromatic heterocycles. The summed E-state index contributed by atoms with van der Waals surface area (Å²) in [6, 6.07) is 0. The summed E-state index contributed by atoms with van der Waals surface area (Å²) in [5, 5.41) is 17.1. The Morgan fingerprint density at radius 3 is 2.74 bits per heavy atom. The van der Waals surface area contributed by atoms with E-state index in [1.165, 1.54) is 56.8 Å². The Morgan fingerprint density at radius 2 is 1.96 bits per heavy atom. The lowest BCUT2D eigenvalue weighted by Crippen LogP contribution is -2.31. The van der Waals surface area contributed by atoms with Crippen LogP contribution < -0.4 is 5.32 Å². The first kappa shape index (κ1) is 18.4. The van der Waals surface area contributed by atoms with Crippen LogP contribution in [0.3, 0.4) is 0 Å². The van der Waals surface area contributed by atoms with Crippen molar-refractivity contribution in [1.29, 1.82) is 0 Å². The fraction of sp³-hybridized carbons (Fsp3) is 0.824. The molecule has 1 aliphatic heterocycles. The second-order valence-corrected chi connectivity index (χ2v) is 6.62. The lowest BCUT2D eigenvalue weighted by molar-refractivity contribution is 0.267. The Labute approximate surface area is 140 Å². The van der Waals surface area contributed by atoms with Crippen molar-refractivity contribution >= 4 is 0 Å². The maximum Gasteiger partial charge on any atom is 0.0644 e. The Balaban J connectivity index is 1.67. The van der Waals surface area contributed by atoms with Gasteiger partial charge in [-0.25, -0.2) is 0 Å². The largest absolute Gasteiger partial charge is 0.394 e. The average molecular weight is 323 g/mol. The molecule has 2 N–H and O–H groups in total. The molecule has 6 nitrogen and oxygen atoms in total. The number of nitrogens with zero attached hydrogens (tertiary/aromatic N) is 4. The van der Waals surface area contributed by atoms with E-state index in [1.807, 2.05) is 11.6 Å². The van der Waals surface area contributed by atoms with Crippen molar-refractivity contribution in [3.63, 3.8) is 0 Å². The molecule has 0 unspecified atom stereocenters. The quantitative estimate of drug-likeness (QED) is 0.687. The number of hydrogen-bond donors (Lipinski definition) is 2. The summed E-state index contributed by atoms with van der Waals surface area (Å²) in [6.45, 7) is 12.8. The highest BCUT2D eigenvalue weighted by Crippen LogP contribution is 2.12. The minimum absolute atomic E-state index is 0.139. The van der Waals surface area contributed by atoms with Crippen LogP contribution in [0.15, 0.2) is 0 Å². The number of rotatable bonds is 8. The second kappa shape index (κ2) is 9.37. The normalized spacial score (nSPS) is 17.6. The van der Waals surface area contributed by atoms with Gasteiger partial charge in [-0.05, 0) is 59.9 Å². The maximum absolute atomic E-state index is 9.07. The molecule has 2 heterocycles. The monoisotopic (exact) mass is 323 g/mol. The van der Waals surface area contributed by atoms with Crippen LogP contribution in [0.25, 0.3) is 0 Å². The summed E-state index contributed by atoms with van der Waals surface area (Å²) >= 11 is 0. The van der Waals surface area contributed by atoms with Crippen LogP contribution in [-0.2, 0) is 13.1 Å². The highest BCUT2D eigenvalue weighted by Gasteiger charge is 2.12. The van der Waals surface area contributed by atoms with Gasteiger partial charge in [0.25, 0.3) is 0 Å². The van der Waals surface area contributed by atoms with Crippen molar-refractivity contribution in [1.82, 2.24) is 24.9 Å². The van der Waals surface area contributed by atoms with Gasteiger partial charge in [-0.15, -0.1) is 0 Å². The average Bonchev–Trinajstić information content (AvgIpc) is 2.68. The van der Waals surface area contributed by atoms with Gasteiger partial charge in [-0.3, -0.25) is 4.68 Å². The molecule has 1 aromatic rings. The van der Waals surface area contributed by atoms with Crippen LogP contribution in [0.4, 0.5) is 0 Å². The topological polar surface area (TPSA) is 56.6 Å². The van der Waals surface area contributed by atoms with E-state index in [0.29, 0.717) is 6.54 Å². The second-order valence-electron chi connectivity index (χ2n) is 6.62. The number of likely N-dealkylation sites (N-methyl/N-ethyl adjacent to an activating group) is 1. The van der Waals surface area contributed by atoms with E-state index in [9.17, 15) is 0 Å². The Kier molecular flexibility index (Phi) is 7.49. The van der Waals surface area contributed by atoms with Gasteiger partial charge in [0.1, 0.15) is 0 Å². The molecule has 0 aliphatic carbocycles. The number of aryl methyl sites for hydroxylation is 1. The fourth-order valence-electron chi connectivity index (χ4n) is 3.27. The van der Waals surface area contributed by atoms with Crippen LogP contribution >= 0.6 is 0 Å². The van der Waals surface area contributed by atoms with Gasteiger partial charge < -0.3 is 20.2 Å². The van der Waals surface area contributed by atoms with Crippen molar-refractivity contribution in [3.05, 3.63) is 17.0 Å². The van der Waals surface area contributed by atoms with Gasteiger partial charge in [0.2, 0.25) is 0 Å². The molecule has 0 aromatic carbocycles. The molecular weight excluding hydrogens is 290 g/mol. The predicted molar refractivity (Wildman–Crippen MR) is 93.7 cm³/mol.